The standard InChI is InChI=1S/C24H18N4O3S/c1-30-16-7-3-5-14(9-16)10-20-23(29)28-22(27)18(12-25)21(19(13-26)24(28)32-20)15-6-4-8-17(11-15)31-2/h3-11,21H,27H2,1-2H3/b20-10+/t21-/m0/s1. The molecule has 1 aliphatic heterocycles. The molecule has 3 aromatic rings. The Morgan fingerprint density at radius 2 is 1.69 bits per heavy atom. The van der Waals surface area contributed by atoms with Crippen LogP contribution in [0.15, 0.2) is 58.9 Å². The minimum Gasteiger partial charge on any atom is -0.497 e. The first-order valence-corrected chi connectivity index (χ1v) is 10.4. The van der Waals surface area contributed by atoms with Crippen LogP contribution < -0.4 is 30.0 Å². The fourth-order valence-electron chi connectivity index (χ4n) is 3.69. The van der Waals surface area contributed by atoms with Crippen LogP contribution in [0.4, 0.5) is 0 Å². The average Bonchev–Trinajstić information content (AvgIpc) is 3.15. The summed E-state index contributed by atoms with van der Waals surface area (Å²) in [5.74, 6) is 0.592. The highest BCUT2D eigenvalue weighted by Gasteiger charge is 2.32. The lowest BCUT2D eigenvalue weighted by molar-refractivity contribution is 0.414. The Balaban J connectivity index is 2.02. The predicted octanol–water partition coefficient (Wildman–Crippen LogP) is 1.88. The molecule has 4 rings (SSSR count). The van der Waals surface area contributed by atoms with Gasteiger partial charge in [-0.15, -0.1) is 11.3 Å². The number of benzene rings is 2. The van der Waals surface area contributed by atoms with E-state index in [1.807, 2.05) is 18.2 Å². The Labute approximate surface area is 187 Å². The van der Waals surface area contributed by atoms with Gasteiger partial charge in [-0.1, -0.05) is 24.3 Å². The van der Waals surface area contributed by atoms with Crippen molar-refractivity contribution >= 4 is 28.8 Å². The van der Waals surface area contributed by atoms with Crippen LogP contribution in [0, 0.1) is 22.7 Å². The van der Waals surface area contributed by atoms with Crippen LogP contribution in [0.1, 0.15) is 17.0 Å². The van der Waals surface area contributed by atoms with E-state index in [9.17, 15) is 15.3 Å². The van der Waals surface area contributed by atoms with E-state index in [2.05, 4.69) is 12.1 Å². The fourth-order valence-corrected chi connectivity index (χ4v) is 4.82. The van der Waals surface area contributed by atoms with Crippen LogP contribution in [-0.2, 0) is 0 Å². The van der Waals surface area contributed by atoms with Crippen LogP contribution in [-0.4, -0.2) is 18.8 Å². The van der Waals surface area contributed by atoms with E-state index in [4.69, 9.17) is 15.2 Å². The molecule has 0 amide bonds. The Bertz CT molecular complexity index is 1520. The zero-order chi connectivity index (χ0) is 22.8. The summed E-state index contributed by atoms with van der Waals surface area (Å²) >= 11 is 1.17. The van der Waals surface area contributed by atoms with E-state index >= 15 is 0 Å². The van der Waals surface area contributed by atoms with Gasteiger partial charge in [0.25, 0.3) is 5.56 Å². The maximum absolute atomic E-state index is 13.2. The van der Waals surface area contributed by atoms with Crippen LogP contribution in [0.5, 0.6) is 11.5 Å². The third-order valence-electron chi connectivity index (χ3n) is 5.21. The van der Waals surface area contributed by atoms with Gasteiger partial charge in [0.05, 0.1) is 48.0 Å². The molecule has 32 heavy (non-hydrogen) atoms. The summed E-state index contributed by atoms with van der Waals surface area (Å²) in [6, 6.07) is 18.7. The molecule has 0 unspecified atom stereocenters. The number of nitriles is 2. The Kier molecular flexibility index (Phi) is 5.55. The molecule has 2 N–H and O–H groups in total. The predicted molar refractivity (Wildman–Crippen MR) is 122 cm³/mol. The quantitative estimate of drug-likeness (QED) is 0.660. The highest BCUT2D eigenvalue weighted by molar-refractivity contribution is 7.07. The van der Waals surface area contributed by atoms with Crippen molar-refractivity contribution in [2.45, 2.75) is 5.92 Å². The highest BCUT2D eigenvalue weighted by atomic mass is 32.1. The molecule has 1 aliphatic rings. The van der Waals surface area contributed by atoms with Gasteiger partial charge in [-0.05, 0) is 41.5 Å². The normalized spacial score (nSPS) is 15.7. The van der Waals surface area contributed by atoms with Crippen LogP contribution in [0.25, 0.3) is 17.5 Å². The van der Waals surface area contributed by atoms with Gasteiger partial charge in [0.1, 0.15) is 22.0 Å². The second kappa shape index (κ2) is 8.46. The van der Waals surface area contributed by atoms with E-state index < -0.39 is 5.92 Å². The number of allylic oxidation sites excluding steroid dienone is 1. The lowest BCUT2D eigenvalue weighted by Gasteiger charge is -2.22. The third kappa shape index (κ3) is 3.43. The summed E-state index contributed by atoms with van der Waals surface area (Å²) in [4.78, 5) is 13.2. The number of fused-ring (bicyclic) bond motifs is 1. The minimum absolute atomic E-state index is 0.0286. The first-order chi connectivity index (χ1) is 15.5. The lowest BCUT2D eigenvalue weighted by Crippen LogP contribution is -2.38. The van der Waals surface area contributed by atoms with E-state index in [0.29, 0.717) is 26.3 Å². The van der Waals surface area contributed by atoms with Gasteiger partial charge in [0, 0.05) is 0 Å². The number of rotatable bonds is 4. The molecular formula is C24H18N4O3S. The maximum atomic E-state index is 13.2. The number of ether oxygens (including phenoxy) is 2. The zero-order valence-corrected chi connectivity index (χ0v) is 18.1. The lowest BCUT2D eigenvalue weighted by atomic mass is 9.84. The van der Waals surface area contributed by atoms with Crippen LogP contribution in [0.2, 0.25) is 0 Å². The summed E-state index contributed by atoms with van der Waals surface area (Å²) in [6.45, 7) is 0. The van der Waals surface area contributed by atoms with E-state index in [-0.39, 0.29) is 22.5 Å². The first-order valence-electron chi connectivity index (χ1n) is 9.58. The molecule has 0 saturated heterocycles. The number of hydrogen-bond acceptors (Lipinski definition) is 7. The second-order valence-corrected chi connectivity index (χ2v) is 8.01. The summed E-state index contributed by atoms with van der Waals surface area (Å²) in [5.41, 5.74) is 7.82. The van der Waals surface area contributed by atoms with Crippen LogP contribution in [0.3, 0.4) is 0 Å². The van der Waals surface area contributed by atoms with Gasteiger partial charge >= 0.3 is 0 Å². The van der Waals surface area contributed by atoms with E-state index in [0.717, 1.165) is 5.56 Å². The summed E-state index contributed by atoms with van der Waals surface area (Å²) < 4.78 is 12.6. The monoisotopic (exact) mass is 442 g/mol. The second-order valence-electron chi connectivity index (χ2n) is 6.98. The number of thiazole rings is 1. The molecule has 158 valence electrons. The molecule has 0 saturated carbocycles. The van der Waals surface area contributed by atoms with Gasteiger partial charge in [-0.3, -0.25) is 9.36 Å². The molecular weight excluding hydrogens is 424 g/mol. The zero-order valence-electron chi connectivity index (χ0n) is 17.3. The molecule has 1 aromatic heterocycles. The maximum Gasteiger partial charge on any atom is 0.274 e. The third-order valence-corrected chi connectivity index (χ3v) is 6.32. The van der Waals surface area contributed by atoms with Gasteiger partial charge in [-0.2, -0.15) is 10.5 Å². The Morgan fingerprint density at radius 1 is 1.03 bits per heavy atom. The van der Waals surface area contributed by atoms with Crippen molar-refractivity contribution in [3.8, 4) is 23.6 Å². The molecule has 0 fully saturated rings. The molecule has 2 aromatic carbocycles. The topological polar surface area (TPSA) is 114 Å². The van der Waals surface area contributed by atoms with Crippen molar-refractivity contribution in [1.29, 1.82) is 10.5 Å². The van der Waals surface area contributed by atoms with Crippen molar-refractivity contribution in [3.05, 3.63) is 84.8 Å². The van der Waals surface area contributed by atoms with E-state index in [1.54, 1.807) is 50.6 Å². The number of aromatic nitrogens is 1. The minimum atomic E-state index is -0.692. The number of nitrogens with two attached hydrogens (primary N) is 1. The Hall–Kier alpha value is -4.27. The average molecular weight is 443 g/mol. The molecule has 0 aliphatic carbocycles. The van der Waals surface area contributed by atoms with Crippen molar-refractivity contribution in [2.75, 3.05) is 14.2 Å². The highest BCUT2D eigenvalue weighted by Crippen LogP contribution is 2.36. The number of hydrogen-bond donors (Lipinski definition) is 1. The molecule has 0 bridgehead atoms. The van der Waals surface area contributed by atoms with E-state index in [1.165, 1.54) is 15.9 Å². The molecule has 7 nitrogen and oxygen atoms in total. The van der Waals surface area contributed by atoms with Crippen molar-refractivity contribution in [1.82, 2.24) is 4.57 Å². The van der Waals surface area contributed by atoms with Crippen molar-refractivity contribution < 1.29 is 9.47 Å². The molecule has 0 spiro atoms. The van der Waals surface area contributed by atoms with Gasteiger partial charge in [0.2, 0.25) is 0 Å². The van der Waals surface area contributed by atoms with Crippen molar-refractivity contribution in [2.24, 2.45) is 5.73 Å². The molecule has 2 heterocycles. The number of nitrogens with zero attached hydrogens (tertiary/aromatic N) is 3. The van der Waals surface area contributed by atoms with Gasteiger partial charge < -0.3 is 15.2 Å². The molecule has 1 atom stereocenters. The van der Waals surface area contributed by atoms with Gasteiger partial charge in [0.15, 0.2) is 0 Å². The van der Waals surface area contributed by atoms with Crippen LogP contribution >= 0.6 is 11.3 Å². The summed E-state index contributed by atoms with van der Waals surface area (Å²) in [7, 11) is 3.11. The smallest absolute Gasteiger partial charge is 0.274 e. The fraction of sp³-hybridized carbons (Fsp3) is 0.125. The van der Waals surface area contributed by atoms with Crippen molar-refractivity contribution in [3.63, 3.8) is 0 Å². The largest absolute Gasteiger partial charge is 0.497 e. The summed E-state index contributed by atoms with van der Waals surface area (Å²) in [5, 5.41) is 19.9. The molecule has 8 heteroatoms. The number of methoxy groups -OCH3 is 2. The summed E-state index contributed by atoms with van der Waals surface area (Å²) in [6.07, 6.45) is 1.72. The van der Waals surface area contributed by atoms with Gasteiger partial charge in [-0.25, -0.2) is 0 Å². The SMILES string of the molecule is COc1cccc(/C=c2/sc3n(c2=O)C(N)=C(C#N)[C@H](c2cccc(OC)c2)C=3C#N)c1. The molecule has 0 radical (unpaired) electrons. The first kappa shape index (κ1) is 21.0. The Morgan fingerprint density at radius 3 is 2.34 bits per heavy atom.